The number of carbonyl (C=O) groups excluding carboxylic acids is 1. The molecule has 1 amide bonds. The normalized spacial score (nSPS) is 16.6. The van der Waals surface area contributed by atoms with Crippen LogP contribution in [-0.2, 0) is 11.3 Å². The fourth-order valence-electron chi connectivity index (χ4n) is 1.98. The molecule has 1 aliphatic rings. The van der Waals surface area contributed by atoms with Crippen LogP contribution in [0, 0.1) is 0 Å². The highest BCUT2D eigenvalue weighted by molar-refractivity contribution is 5.77. The molecule has 0 saturated heterocycles. The second kappa shape index (κ2) is 5.32. The number of nitrogens with zero attached hydrogens (tertiary/aromatic N) is 1. The van der Waals surface area contributed by atoms with Gasteiger partial charge in [0.2, 0.25) is 5.91 Å². The number of carbonyl (C=O) groups is 1. The zero-order valence-electron chi connectivity index (χ0n) is 10.3. The molecule has 0 aromatic heterocycles. The van der Waals surface area contributed by atoms with Gasteiger partial charge in [-0.05, 0) is 25.3 Å². The van der Waals surface area contributed by atoms with Crippen molar-refractivity contribution in [2.24, 2.45) is 5.73 Å². The third kappa shape index (κ3) is 3.56. The first-order valence-corrected chi connectivity index (χ1v) is 6.26. The second-order valence-electron chi connectivity index (χ2n) is 4.92. The Bertz CT molecular complexity index is 371. The minimum Gasteiger partial charge on any atom is -0.335 e. The van der Waals surface area contributed by atoms with Gasteiger partial charge < -0.3 is 10.6 Å². The molecule has 2 N–H and O–H groups in total. The molecule has 2 rings (SSSR count). The van der Waals surface area contributed by atoms with Crippen molar-refractivity contribution in [1.29, 1.82) is 0 Å². The third-order valence-electron chi connectivity index (χ3n) is 3.00. The van der Waals surface area contributed by atoms with E-state index in [9.17, 15) is 4.79 Å². The maximum Gasteiger partial charge on any atom is 0.224 e. The Morgan fingerprint density at radius 3 is 2.59 bits per heavy atom. The molecule has 1 saturated carbocycles. The van der Waals surface area contributed by atoms with Crippen LogP contribution in [0.3, 0.4) is 0 Å². The Kier molecular flexibility index (Phi) is 3.79. The van der Waals surface area contributed by atoms with E-state index in [4.69, 9.17) is 5.73 Å². The van der Waals surface area contributed by atoms with Crippen molar-refractivity contribution < 1.29 is 4.79 Å². The predicted molar refractivity (Wildman–Crippen MR) is 68.3 cm³/mol. The summed E-state index contributed by atoms with van der Waals surface area (Å²) < 4.78 is 0. The minimum absolute atomic E-state index is 0.0560. The lowest BCUT2D eigenvalue weighted by Gasteiger charge is -2.23. The van der Waals surface area contributed by atoms with Crippen LogP contribution in [0.4, 0.5) is 0 Å². The van der Waals surface area contributed by atoms with Crippen molar-refractivity contribution in [2.75, 3.05) is 0 Å². The molecule has 1 aliphatic carbocycles. The first kappa shape index (κ1) is 12.1. The van der Waals surface area contributed by atoms with Gasteiger partial charge in [-0.1, -0.05) is 30.3 Å². The van der Waals surface area contributed by atoms with Crippen LogP contribution in [0.5, 0.6) is 0 Å². The molecule has 0 spiro atoms. The highest BCUT2D eigenvalue weighted by Gasteiger charge is 2.32. The van der Waals surface area contributed by atoms with Crippen LogP contribution >= 0.6 is 0 Å². The molecule has 0 radical (unpaired) electrons. The molecular weight excluding hydrogens is 212 g/mol. The third-order valence-corrected chi connectivity index (χ3v) is 3.00. The van der Waals surface area contributed by atoms with Gasteiger partial charge >= 0.3 is 0 Å². The van der Waals surface area contributed by atoms with Gasteiger partial charge in [0.05, 0.1) is 0 Å². The highest BCUT2D eigenvalue weighted by Crippen LogP contribution is 2.29. The summed E-state index contributed by atoms with van der Waals surface area (Å²) in [6.07, 6.45) is 2.72. The number of nitrogens with two attached hydrogens (primary N) is 1. The highest BCUT2D eigenvalue weighted by atomic mass is 16.2. The molecule has 1 aromatic rings. The van der Waals surface area contributed by atoms with Gasteiger partial charge in [-0.15, -0.1) is 0 Å². The number of hydrogen-bond donors (Lipinski definition) is 1. The summed E-state index contributed by atoms with van der Waals surface area (Å²) in [5.41, 5.74) is 6.89. The summed E-state index contributed by atoms with van der Waals surface area (Å²) in [7, 11) is 0. The Morgan fingerprint density at radius 1 is 1.41 bits per heavy atom. The average molecular weight is 232 g/mol. The van der Waals surface area contributed by atoms with Crippen LogP contribution < -0.4 is 5.73 Å². The van der Waals surface area contributed by atoms with Gasteiger partial charge in [-0.25, -0.2) is 0 Å². The van der Waals surface area contributed by atoms with E-state index in [1.807, 2.05) is 30.0 Å². The maximum atomic E-state index is 12.1. The van der Waals surface area contributed by atoms with Crippen molar-refractivity contribution in [3.63, 3.8) is 0 Å². The number of amides is 1. The topological polar surface area (TPSA) is 46.3 Å². The van der Waals surface area contributed by atoms with E-state index in [2.05, 4.69) is 12.1 Å². The minimum atomic E-state index is -0.0560. The lowest BCUT2D eigenvalue weighted by Crippen LogP contribution is -2.36. The summed E-state index contributed by atoms with van der Waals surface area (Å²) in [6, 6.07) is 10.5. The number of benzene rings is 1. The van der Waals surface area contributed by atoms with Crippen LogP contribution in [0.2, 0.25) is 0 Å². The smallest absolute Gasteiger partial charge is 0.224 e. The van der Waals surface area contributed by atoms with E-state index in [1.54, 1.807) is 0 Å². The maximum absolute atomic E-state index is 12.1. The monoisotopic (exact) mass is 232 g/mol. The first-order chi connectivity index (χ1) is 8.16. The molecule has 1 aromatic carbocycles. The number of hydrogen-bond acceptors (Lipinski definition) is 2. The molecule has 17 heavy (non-hydrogen) atoms. The standard InChI is InChI=1S/C14H20N2O/c1-11(15)9-14(17)16(13-7-8-13)10-12-5-3-2-4-6-12/h2-6,11,13H,7-10,15H2,1H3. The largest absolute Gasteiger partial charge is 0.335 e. The van der Waals surface area contributed by atoms with E-state index >= 15 is 0 Å². The Hall–Kier alpha value is -1.35. The van der Waals surface area contributed by atoms with Crippen molar-refractivity contribution in [1.82, 2.24) is 4.90 Å². The summed E-state index contributed by atoms with van der Waals surface area (Å²) in [4.78, 5) is 14.1. The molecule has 0 bridgehead atoms. The van der Waals surface area contributed by atoms with E-state index in [-0.39, 0.29) is 11.9 Å². The van der Waals surface area contributed by atoms with Gasteiger partial charge in [0, 0.05) is 25.0 Å². The SMILES string of the molecule is CC(N)CC(=O)N(Cc1ccccc1)C1CC1. The van der Waals surface area contributed by atoms with E-state index in [1.165, 1.54) is 5.56 Å². The summed E-state index contributed by atoms with van der Waals surface area (Å²) in [6.45, 7) is 2.60. The van der Waals surface area contributed by atoms with Gasteiger partial charge in [0.25, 0.3) is 0 Å². The van der Waals surface area contributed by atoms with Gasteiger partial charge in [-0.3, -0.25) is 4.79 Å². The van der Waals surface area contributed by atoms with E-state index in [0.717, 1.165) is 19.4 Å². The molecular formula is C14H20N2O. The quantitative estimate of drug-likeness (QED) is 0.843. The average Bonchev–Trinajstić information content (AvgIpc) is 3.10. The fraction of sp³-hybridized carbons (Fsp3) is 0.500. The van der Waals surface area contributed by atoms with Crippen molar-refractivity contribution >= 4 is 5.91 Å². The van der Waals surface area contributed by atoms with E-state index < -0.39 is 0 Å². The summed E-state index contributed by atoms with van der Waals surface area (Å²) in [5.74, 6) is 0.186. The molecule has 3 nitrogen and oxygen atoms in total. The zero-order valence-corrected chi connectivity index (χ0v) is 10.3. The van der Waals surface area contributed by atoms with Crippen LogP contribution in [0.15, 0.2) is 30.3 Å². The predicted octanol–water partition coefficient (Wildman–Crippen LogP) is 1.91. The molecule has 0 aliphatic heterocycles. The summed E-state index contributed by atoms with van der Waals surface area (Å²) >= 11 is 0. The van der Waals surface area contributed by atoms with Gasteiger partial charge in [0.1, 0.15) is 0 Å². The Balaban J connectivity index is 2.00. The van der Waals surface area contributed by atoms with Crippen molar-refractivity contribution in [2.45, 2.75) is 44.8 Å². The molecule has 3 heteroatoms. The van der Waals surface area contributed by atoms with Crippen LogP contribution in [0.1, 0.15) is 31.7 Å². The van der Waals surface area contributed by atoms with Gasteiger partial charge in [-0.2, -0.15) is 0 Å². The Morgan fingerprint density at radius 2 is 2.06 bits per heavy atom. The lowest BCUT2D eigenvalue weighted by atomic mass is 10.2. The first-order valence-electron chi connectivity index (χ1n) is 6.26. The second-order valence-corrected chi connectivity index (χ2v) is 4.92. The van der Waals surface area contributed by atoms with Crippen LogP contribution in [-0.4, -0.2) is 22.9 Å². The van der Waals surface area contributed by atoms with Gasteiger partial charge in [0.15, 0.2) is 0 Å². The summed E-state index contributed by atoms with van der Waals surface area (Å²) in [5, 5.41) is 0. The molecule has 0 heterocycles. The zero-order chi connectivity index (χ0) is 12.3. The molecule has 1 atom stereocenters. The van der Waals surface area contributed by atoms with Crippen molar-refractivity contribution in [3.05, 3.63) is 35.9 Å². The number of rotatable bonds is 5. The fourth-order valence-corrected chi connectivity index (χ4v) is 1.98. The molecule has 1 unspecified atom stereocenters. The molecule has 1 fully saturated rings. The van der Waals surface area contributed by atoms with E-state index in [0.29, 0.717) is 12.5 Å². The lowest BCUT2D eigenvalue weighted by molar-refractivity contribution is -0.132. The van der Waals surface area contributed by atoms with Crippen LogP contribution in [0.25, 0.3) is 0 Å². The molecule has 92 valence electrons. The van der Waals surface area contributed by atoms with Crippen molar-refractivity contribution in [3.8, 4) is 0 Å². The Labute approximate surface area is 103 Å².